The fourth-order valence-corrected chi connectivity index (χ4v) is 2.25. The second-order valence-electron chi connectivity index (χ2n) is 2.77. The van der Waals surface area contributed by atoms with Crippen LogP contribution in [0.15, 0.2) is 35.6 Å². The Hall–Kier alpha value is -0.740. The molecular formula is C10H10N2S2. The fraction of sp³-hybridized carbons (Fsp3) is 0.200. The van der Waals surface area contributed by atoms with Gasteiger partial charge in [0.15, 0.2) is 0 Å². The minimum atomic E-state index is 0.864. The largest absolute Gasteiger partial charge is 0.236 e. The van der Waals surface area contributed by atoms with Crippen LogP contribution in [-0.4, -0.2) is 21.5 Å². The van der Waals surface area contributed by atoms with E-state index >= 15 is 0 Å². The molecule has 2 nitrogen and oxygen atoms in total. The molecule has 2 aromatic rings. The molecule has 0 spiro atoms. The van der Waals surface area contributed by atoms with Gasteiger partial charge in [-0.1, -0.05) is 18.2 Å². The van der Waals surface area contributed by atoms with E-state index in [0.717, 1.165) is 27.4 Å². The number of nitrogens with zero attached hydrogens (tertiary/aromatic N) is 2. The first-order valence-electron chi connectivity index (χ1n) is 4.35. The quantitative estimate of drug-likeness (QED) is 0.491. The number of fused-ring (bicyclic) bond motifs is 1. The third-order valence-corrected chi connectivity index (χ3v) is 3.37. The van der Waals surface area contributed by atoms with Crippen molar-refractivity contribution >= 4 is 35.3 Å². The van der Waals surface area contributed by atoms with Gasteiger partial charge in [-0.05, 0) is 11.8 Å². The SMILES string of the molecule is SCCSc1ncnc2ccccc12. The van der Waals surface area contributed by atoms with Crippen LogP contribution >= 0.6 is 24.4 Å². The fourth-order valence-electron chi connectivity index (χ4n) is 1.24. The van der Waals surface area contributed by atoms with E-state index in [9.17, 15) is 0 Å². The van der Waals surface area contributed by atoms with E-state index in [1.165, 1.54) is 0 Å². The zero-order valence-electron chi connectivity index (χ0n) is 7.55. The number of benzene rings is 1. The maximum absolute atomic E-state index is 4.26. The van der Waals surface area contributed by atoms with E-state index < -0.39 is 0 Å². The Kier molecular flexibility index (Phi) is 3.26. The van der Waals surface area contributed by atoms with Crippen LogP contribution in [0.3, 0.4) is 0 Å². The summed E-state index contributed by atoms with van der Waals surface area (Å²) < 4.78 is 0. The monoisotopic (exact) mass is 222 g/mol. The average Bonchev–Trinajstić information content (AvgIpc) is 2.26. The molecule has 1 aromatic carbocycles. The molecule has 1 heterocycles. The van der Waals surface area contributed by atoms with Crippen LogP contribution in [0.25, 0.3) is 10.9 Å². The van der Waals surface area contributed by atoms with Crippen LogP contribution in [0, 0.1) is 0 Å². The standard InChI is InChI=1S/C10H10N2S2/c13-5-6-14-10-8-3-1-2-4-9(8)11-7-12-10/h1-4,7,13H,5-6H2. The molecule has 0 atom stereocenters. The van der Waals surface area contributed by atoms with Gasteiger partial charge >= 0.3 is 0 Å². The van der Waals surface area contributed by atoms with Crippen LogP contribution in [0.4, 0.5) is 0 Å². The van der Waals surface area contributed by atoms with Crippen LogP contribution in [0.5, 0.6) is 0 Å². The van der Waals surface area contributed by atoms with Crippen LogP contribution in [0.2, 0.25) is 0 Å². The predicted octanol–water partition coefficient (Wildman–Crippen LogP) is 2.65. The molecule has 1 aromatic heterocycles. The van der Waals surface area contributed by atoms with Gasteiger partial charge in [0.25, 0.3) is 0 Å². The van der Waals surface area contributed by atoms with E-state index in [-0.39, 0.29) is 0 Å². The summed E-state index contributed by atoms with van der Waals surface area (Å²) in [5.74, 6) is 1.84. The van der Waals surface area contributed by atoms with Crippen LogP contribution < -0.4 is 0 Å². The van der Waals surface area contributed by atoms with Crippen molar-refractivity contribution in [1.29, 1.82) is 0 Å². The maximum Gasteiger partial charge on any atom is 0.117 e. The summed E-state index contributed by atoms with van der Waals surface area (Å²) in [5.41, 5.74) is 1.00. The van der Waals surface area contributed by atoms with Gasteiger partial charge in [-0.25, -0.2) is 9.97 Å². The summed E-state index contributed by atoms with van der Waals surface area (Å²) in [5, 5.41) is 2.17. The lowest BCUT2D eigenvalue weighted by Gasteiger charge is -2.02. The molecule has 72 valence electrons. The molecule has 0 N–H and O–H groups in total. The molecule has 14 heavy (non-hydrogen) atoms. The average molecular weight is 222 g/mol. The zero-order chi connectivity index (χ0) is 9.80. The van der Waals surface area contributed by atoms with Crippen LogP contribution in [0.1, 0.15) is 0 Å². The molecule has 0 aliphatic heterocycles. The Bertz CT molecular complexity index is 426. The Morgan fingerprint density at radius 3 is 2.93 bits per heavy atom. The maximum atomic E-state index is 4.26. The minimum Gasteiger partial charge on any atom is -0.236 e. The van der Waals surface area contributed by atoms with E-state index in [1.54, 1.807) is 18.1 Å². The summed E-state index contributed by atoms with van der Waals surface area (Å²) in [4.78, 5) is 8.47. The van der Waals surface area contributed by atoms with Crippen molar-refractivity contribution in [3.05, 3.63) is 30.6 Å². The lowest BCUT2D eigenvalue weighted by atomic mass is 10.2. The number of thiol groups is 1. The molecular weight excluding hydrogens is 212 g/mol. The highest BCUT2D eigenvalue weighted by Crippen LogP contribution is 2.23. The van der Waals surface area contributed by atoms with Gasteiger partial charge in [-0.2, -0.15) is 12.6 Å². The summed E-state index contributed by atoms with van der Waals surface area (Å²) in [7, 11) is 0. The van der Waals surface area contributed by atoms with Crippen molar-refractivity contribution in [2.45, 2.75) is 5.03 Å². The molecule has 0 amide bonds. The second kappa shape index (κ2) is 4.66. The smallest absolute Gasteiger partial charge is 0.117 e. The van der Waals surface area contributed by atoms with Gasteiger partial charge in [0, 0.05) is 11.1 Å². The van der Waals surface area contributed by atoms with Crippen LogP contribution in [-0.2, 0) is 0 Å². The second-order valence-corrected chi connectivity index (χ2v) is 4.30. The first-order valence-corrected chi connectivity index (χ1v) is 5.97. The molecule has 0 saturated carbocycles. The predicted molar refractivity (Wildman–Crippen MR) is 64.1 cm³/mol. The zero-order valence-corrected chi connectivity index (χ0v) is 9.26. The van der Waals surface area contributed by atoms with E-state index in [2.05, 4.69) is 28.7 Å². The highest BCUT2D eigenvalue weighted by atomic mass is 32.2. The number of thioether (sulfide) groups is 1. The topological polar surface area (TPSA) is 25.8 Å². The molecule has 2 rings (SSSR count). The van der Waals surface area contributed by atoms with Crippen molar-refractivity contribution < 1.29 is 0 Å². The Balaban J connectivity index is 2.43. The summed E-state index contributed by atoms with van der Waals surface area (Å²) >= 11 is 5.90. The summed E-state index contributed by atoms with van der Waals surface area (Å²) in [6.45, 7) is 0. The van der Waals surface area contributed by atoms with Gasteiger partial charge in [-0.3, -0.25) is 0 Å². The summed E-state index contributed by atoms with van der Waals surface area (Å²) in [6.07, 6.45) is 1.61. The van der Waals surface area contributed by atoms with Crippen molar-refractivity contribution in [2.75, 3.05) is 11.5 Å². The van der Waals surface area contributed by atoms with E-state index in [4.69, 9.17) is 0 Å². The van der Waals surface area contributed by atoms with Crippen molar-refractivity contribution in [2.24, 2.45) is 0 Å². The Morgan fingerprint density at radius 1 is 1.21 bits per heavy atom. The molecule has 0 unspecified atom stereocenters. The van der Waals surface area contributed by atoms with E-state index in [1.807, 2.05) is 18.2 Å². The lowest BCUT2D eigenvalue weighted by molar-refractivity contribution is 1.10. The molecule has 0 bridgehead atoms. The molecule has 4 heteroatoms. The number of aromatic nitrogens is 2. The number of hydrogen-bond donors (Lipinski definition) is 1. The molecule has 0 radical (unpaired) electrons. The van der Waals surface area contributed by atoms with Gasteiger partial charge in [0.1, 0.15) is 11.4 Å². The minimum absolute atomic E-state index is 0.864. The van der Waals surface area contributed by atoms with Gasteiger partial charge in [-0.15, -0.1) is 11.8 Å². The highest BCUT2D eigenvalue weighted by Gasteiger charge is 2.01. The Morgan fingerprint density at radius 2 is 2.07 bits per heavy atom. The van der Waals surface area contributed by atoms with Gasteiger partial charge in [0.2, 0.25) is 0 Å². The number of para-hydroxylation sites is 1. The number of rotatable bonds is 3. The molecule has 0 aliphatic carbocycles. The number of hydrogen-bond acceptors (Lipinski definition) is 4. The van der Waals surface area contributed by atoms with Gasteiger partial charge in [0.05, 0.1) is 5.52 Å². The van der Waals surface area contributed by atoms with Crippen molar-refractivity contribution in [3.63, 3.8) is 0 Å². The normalized spacial score (nSPS) is 10.6. The molecule has 0 aliphatic rings. The Labute approximate surface area is 92.6 Å². The molecule has 0 fully saturated rings. The van der Waals surface area contributed by atoms with Gasteiger partial charge < -0.3 is 0 Å². The highest BCUT2D eigenvalue weighted by molar-refractivity contribution is 8.00. The van der Waals surface area contributed by atoms with Crippen molar-refractivity contribution in [1.82, 2.24) is 9.97 Å². The van der Waals surface area contributed by atoms with E-state index in [0.29, 0.717) is 0 Å². The summed E-state index contributed by atoms with van der Waals surface area (Å²) in [6, 6.07) is 8.05. The third-order valence-electron chi connectivity index (χ3n) is 1.84. The lowest BCUT2D eigenvalue weighted by Crippen LogP contribution is -1.88. The van der Waals surface area contributed by atoms with Crippen molar-refractivity contribution in [3.8, 4) is 0 Å². The first kappa shape index (κ1) is 9.80. The third kappa shape index (κ3) is 2.01. The first-order chi connectivity index (χ1) is 6.92. The molecule has 0 saturated heterocycles.